The smallest absolute Gasteiger partial charge is 0.223 e. The highest BCUT2D eigenvalue weighted by molar-refractivity contribution is 7.91. The second-order valence-electron chi connectivity index (χ2n) is 4.64. The first kappa shape index (κ1) is 9.96. The predicted molar refractivity (Wildman–Crippen MR) is 52.2 cm³/mol. The van der Waals surface area contributed by atoms with Crippen molar-refractivity contribution in [2.75, 3.05) is 6.26 Å². The van der Waals surface area contributed by atoms with Crippen molar-refractivity contribution in [2.24, 2.45) is 17.1 Å². The molecule has 0 aromatic carbocycles. The highest BCUT2D eigenvalue weighted by Crippen LogP contribution is 2.59. The lowest BCUT2D eigenvalue weighted by Gasteiger charge is -2.38. The van der Waals surface area contributed by atoms with E-state index < -0.39 is 9.84 Å². The quantitative estimate of drug-likeness (QED) is 0.727. The highest BCUT2D eigenvalue weighted by Gasteiger charge is 2.59. The maximum Gasteiger partial charge on any atom is 0.223 e. The van der Waals surface area contributed by atoms with Crippen LogP contribution in [0.15, 0.2) is 0 Å². The molecule has 0 saturated heterocycles. The Bertz CT molecular complexity index is 364. The fourth-order valence-electron chi connectivity index (χ4n) is 2.36. The molecular weight excluding hydrogens is 202 g/mol. The topological polar surface area (TPSA) is 77.2 Å². The monoisotopic (exact) mass is 217 g/mol. The molecule has 0 bridgehead atoms. The van der Waals surface area contributed by atoms with Gasteiger partial charge in [0.05, 0.1) is 10.7 Å². The number of primary amides is 1. The van der Waals surface area contributed by atoms with E-state index in [0.717, 1.165) is 12.8 Å². The largest absolute Gasteiger partial charge is 0.369 e. The van der Waals surface area contributed by atoms with Gasteiger partial charge in [-0.05, 0) is 31.6 Å². The van der Waals surface area contributed by atoms with Crippen LogP contribution in [0.25, 0.3) is 0 Å². The maximum atomic E-state index is 11.2. The first-order valence-electron chi connectivity index (χ1n) is 4.85. The number of sulfone groups is 1. The van der Waals surface area contributed by atoms with Crippen LogP contribution in [0, 0.1) is 11.3 Å². The summed E-state index contributed by atoms with van der Waals surface area (Å²) in [6, 6.07) is 0. The number of nitrogens with two attached hydrogens (primary N) is 1. The minimum atomic E-state index is -2.91. The van der Waals surface area contributed by atoms with Gasteiger partial charge in [0, 0.05) is 6.26 Å². The molecule has 0 unspecified atom stereocenters. The molecule has 0 spiro atoms. The van der Waals surface area contributed by atoms with Crippen molar-refractivity contribution in [1.29, 1.82) is 0 Å². The lowest BCUT2D eigenvalue weighted by atomic mass is 9.73. The summed E-state index contributed by atoms with van der Waals surface area (Å²) in [6.07, 6.45) is 4.22. The van der Waals surface area contributed by atoms with Gasteiger partial charge < -0.3 is 5.73 Å². The average molecular weight is 217 g/mol. The van der Waals surface area contributed by atoms with Crippen molar-refractivity contribution in [2.45, 2.75) is 30.9 Å². The molecule has 2 aliphatic rings. The summed E-state index contributed by atoms with van der Waals surface area (Å²) < 4.78 is 22.3. The van der Waals surface area contributed by atoms with Crippen LogP contribution in [-0.2, 0) is 14.6 Å². The fraction of sp³-hybridized carbons (Fsp3) is 0.889. The molecule has 14 heavy (non-hydrogen) atoms. The molecule has 5 heteroatoms. The average Bonchev–Trinajstić information content (AvgIpc) is 2.60. The number of carbonyl (C=O) groups is 1. The van der Waals surface area contributed by atoms with Crippen molar-refractivity contribution >= 4 is 15.7 Å². The number of carbonyl (C=O) groups excluding carboxylic acids is 1. The molecule has 0 atom stereocenters. The van der Waals surface area contributed by atoms with Crippen LogP contribution in [0.2, 0.25) is 0 Å². The van der Waals surface area contributed by atoms with Crippen LogP contribution >= 0.6 is 0 Å². The number of amides is 1. The van der Waals surface area contributed by atoms with Gasteiger partial charge in [-0.1, -0.05) is 0 Å². The van der Waals surface area contributed by atoms with Crippen LogP contribution in [0.3, 0.4) is 0 Å². The Morgan fingerprint density at radius 2 is 1.86 bits per heavy atom. The first-order valence-corrected chi connectivity index (χ1v) is 6.80. The van der Waals surface area contributed by atoms with Gasteiger partial charge in [-0.25, -0.2) is 8.42 Å². The molecular formula is C9H15NO3S. The van der Waals surface area contributed by atoms with Gasteiger partial charge in [-0.3, -0.25) is 4.79 Å². The van der Waals surface area contributed by atoms with E-state index in [1.165, 1.54) is 6.26 Å². The van der Waals surface area contributed by atoms with Gasteiger partial charge in [0.1, 0.15) is 9.84 Å². The van der Waals surface area contributed by atoms with E-state index >= 15 is 0 Å². The number of hydrogen-bond acceptors (Lipinski definition) is 3. The van der Waals surface area contributed by atoms with Gasteiger partial charge in [0.25, 0.3) is 0 Å². The second-order valence-corrected chi connectivity index (χ2v) is 6.97. The second kappa shape index (κ2) is 2.72. The molecule has 2 aliphatic carbocycles. The Balaban J connectivity index is 1.99. The maximum absolute atomic E-state index is 11.2. The zero-order chi connectivity index (χ0) is 10.6. The zero-order valence-electron chi connectivity index (χ0n) is 8.19. The molecule has 0 aromatic rings. The summed E-state index contributed by atoms with van der Waals surface area (Å²) in [4.78, 5) is 11.1. The standard InChI is InChI=1S/C9H15NO3S/c1-14(12,13)7-4-6(5-7)9(2-3-9)8(10)11/h6-7H,2-5H2,1H3,(H2,10,11). The van der Waals surface area contributed by atoms with Crippen LogP contribution in [0.5, 0.6) is 0 Å². The number of rotatable bonds is 3. The van der Waals surface area contributed by atoms with Crippen molar-refractivity contribution in [3.8, 4) is 0 Å². The van der Waals surface area contributed by atoms with E-state index in [-0.39, 0.29) is 22.5 Å². The molecule has 0 radical (unpaired) electrons. The Morgan fingerprint density at radius 3 is 2.14 bits per heavy atom. The Morgan fingerprint density at radius 1 is 1.36 bits per heavy atom. The van der Waals surface area contributed by atoms with E-state index in [0.29, 0.717) is 12.8 Å². The summed E-state index contributed by atoms with van der Waals surface area (Å²) in [6.45, 7) is 0. The number of hydrogen-bond donors (Lipinski definition) is 1. The Kier molecular flexibility index (Phi) is 1.93. The Hall–Kier alpha value is -0.580. The molecule has 2 saturated carbocycles. The van der Waals surface area contributed by atoms with Crippen LogP contribution in [-0.4, -0.2) is 25.8 Å². The lowest BCUT2D eigenvalue weighted by Crippen LogP contribution is -2.44. The molecule has 80 valence electrons. The Labute approximate surface area is 83.8 Å². The van der Waals surface area contributed by atoms with Gasteiger partial charge in [0.15, 0.2) is 0 Å². The summed E-state index contributed by atoms with van der Waals surface area (Å²) in [5, 5.41) is -0.232. The van der Waals surface area contributed by atoms with Crippen molar-refractivity contribution < 1.29 is 13.2 Å². The van der Waals surface area contributed by atoms with Gasteiger partial charge in [0.2, 0.25) is 5.91 Å². The predicted octanol–water partition coefficient (Wildman–Crippen LogP) is 0.0751. The third-order valence-electron chi connectivity index (χ3n) is 3.76. The van der Waals surface area contributed by atoms with E-state index in [4.69, 9.17) is 5.73 Å². The molecule has 2 fully saturated rings. The molecule has 2 N–H and O–H groups in total. The normalized spacial score (nSPS) is 34.6. The molecule has 0 aliphatic heterocycles. The van der Waals surface area contributed by atoms with Gasteiger partial charge in [-0.15, -0.1) is 0 Å². The fourth-order valence-corrected chi connectivity index (χ4v) is 3.52. The molecule has 2 rings (SSSR count). The van der Waals surface area contributed by atoms with Crippen molar-refractivity contribution in [3.63, 3.8) is 0 Å². The van der Waals surface area contributed by atoms with Gasteiger partial charge in [-0.2, -0.15) is 0 Å². The SMILES string of the molecule is CS(=O)(=O)C1CC(C2(C(N)=O)CC2)C1. The van der Waals surface area contributed by atoms with Gasteiger partial charge >= 0.3 is 0 Å². The third kappa shape index (κ3) is 1.34. The third-order valence-corrected chi connectivity index (χ3v) is 5.36. The molecule has 1 amide bonds. The summed E-state index contributed by atoms with van der Waals surface area (Å²) in [5.74, 6) is -0.0193. The molecule has 4 nitrogen and oxygen atoms in total. The summed E-state index contributed by atoms with van der Waals surface area (Å²) >= 11 is 0. The summed E-state index contributed by atoms with van der Waals surface area (Å²) in [5.41, 5.74) is 4.98. The first-order chi connectivity index (χ1) is 6.36. The minimum absolute atomic E-state index is 0.222. The molecule has 0 aromatic heterocycles. The van der Waals surface area contributed by atoms with Crippen LogP contribution in [0.4, 0.5) is 0 Å². The van der Waals surface area contributed by atoms with Crippen LogP contribution in [0.1, 0.15) is 25.7 Å². The van der Waals surface area contributed by atoms with E-state index in [1.807, 2.05) is 0 Å². The molecule has 0 heterocycles. The van der Waals surface area contributed by atoms with Crippen molar-refractivity contribution in [3.05, 3.63) is 0 Å². The van der Waals surface area contributed by atoms with E-state index in [9.17, 15) is 13.2 Å². The van der Waals surface area contributed by atoms with E-state index in [1.54, 1.807) is 0 Å². The van der Waals surface area contributed by atoms with E-state index in [2.05, 4.69) is 0 Å². The lowest BCUT2D eigenvalue weighted by molar-refractivity contribution is -0.126. The zero-order valence-corrected chi connectivity index (χ0v) is 9.01. The minimum Gasteiger partial charge on any atom is -0.369 e. The van der Waals surface area contributed by atoms with Crippen molar-refractivity contribution in [1.82, 2.24) is 0 Å². The van der Waals surface area contributed by atoms with Crippen LogP contribution < -0.4 is 5.73 Å². The summed E-state index contributed by atoms with van der Waals surface area (Å²) in [7, 11) is -2.91. The highest BCUT2D eigenvalue weighted by atomic mass is 32.2.